The molecular weight excluding hydrogens is 248 g/mol. The van der Waals surface area contributed by atoms with Crippen molar-refractivity contribution < 1.29 is 5.11 Å². The van der Waals surface area contributed by atoms with Gasteiger partial charge in [0.1, 0.15) is 0 Å². The van der Waals surface area contributed by atoms with Gasteiger partial charge < -0.3 is 5.11 Å². The van der Waals surface area contributed by atoms with Gasteiger partial charge in [0.2, 0.25) is 0 Å². The Morgan fingerprint density at radius 3 is 2.65 bits per heavy atom. The minimum Gasteiger partial charge on any atom is -0.389 e. The maximum atomic E-state index is 9.09. The van der Waals surface area contributed by atoms with E-state index in [2.05, 4.69) is 18.7 Å². The zero-order chi connectivity index (χ0) is 12.5. The van der Waals surface area contributed by atoms with Crippen LogP contribution in [0.3, 0.4) is 0 Å². The summed E-state index contributed by atoms with van der Waals surface area (Å²) in [7, 11) is 3.35. The molecule has 1 aromatic carbocycles. The summed E-state index contributed by atoms with van der Waals surface area (Å²) in [6.07, 6.45) is 6.93. The third-order valence-corrected chi connectivity index (χ3v) is 4.28. The van der Waals surface area contributed by atoms with Crippen LogP contribution in [0.5, 0.6) is 0 Å². The first kappa shape index (κ1) is 14.2. The summed E-state index contributed by atoms with van der Waals surface area (Å²) in [5.41, 5.74) is 0. The quantitative estimate of drug-likeness (QED) is 0.606. The van der Waals surface area contributed by atoms with Crippen molar-refractivity contribution in [2.45, 2.75) is 17.9 Å². The van der Waals surface area contributed by atoms with Crippen molar-refractivity contribution in [1.29, 1.82) is 0 Å². The SMILES string of the molecule is C=C/C(=C\C=C/C(C)O)SSc1ccccc1. The van der Waals surface area contributed by atoms with Gasteiger partial charge in [-0.3, -0.25) is 0 Å². The fourth-order valence-electron chi connectivity index (χ4n) is 1.01. The number of benzene rings is 1. The summed E-state index contributed by atoms with van der Waals surface area (Å²) in [6.45, 7) is 5.50. The zero-order valence-corrected chi connectivity index (χ0v) is 11.4. The van der Waals surface area contributed by atoms with Crippen molar-refractivity contribution in [3.63, 3.8) is 0 Å². The van der Waals surface area contributed by atoms with Crippen LogP contribution < -0.4 is 0 Å². The second kappa shape index (κ2) is 8.23. The molecule has 0 heterocycles. The molecule has 1 aromatic rings. The summed E-state index contributed by atoms with van der Waals surface area (Å²) in [6, 6.07) is 10.2. The molecule has 0 aliphatic heterocycles. The first-order valence-electron chi connectivity index (χ1n) is 5.31. The van der Waals surface area contributed by atoms with Crippen LogP contribution in [0.2, 0.25) is 0 Å². The van der Waals surface area contributed by atoms with Gasteiger partial charge in [-0.25, -0.2) is 0 Å². The third kappa shape index (κ3) is 6.41. The van der Waals surface area contributed by atoms with Crippen molar-refractivity contribution in [2.24, 2.45) is 0 Å². The Morgan fingerprint density at radius 2 is 2.06 bits per heavy atom. The number of aliphatic hydroxyl groups is 1. The van der Waals surface area contributed by atoms with Crippen LogP contribution in [0.15, 0.2) is 71.0 Å². The fourth-order valence-corrected chi connectivity index (χ4v) is 2.96. The maximum absolute atomic E-state index is 9.09. The predicted octanol–water partition coefficient (Wildman–Crippen LogP) is 4.43. The summed E-state index contributed by atoms with van der Waals surface area (Å²) in [5, 5.41) is 9.09. The normalized spacial score (nSPS) is 13.9. The molecule has 0 saturated carbocycles. The van der Waals surface area contributed by atoms with Crippen LogP contribution in [0.1, 0.15) is 6.92 Å². The molecule has 0 radical (unpaired) electrons. The smallest absolute Gasteiger partial charge is 0.0695 e. The van der Waals surface area contributed by atoms with Crippen LogP contribution >= 0.6 is 21.6 Å². The number of allylic oxidation sites excluding steroid dienone is 3. The fraction of sp³-hybridized carbons (Fsp3) is 0.143. The van der Waals surface area contributed by atoms with E-state index in [0.717, 1.165) is 4.91 Å². The lowest BCUT2D eigenvalue weighted by Crippen LogP contribution is -1.90. The number of aliphatic hydroxyl groups excluding tert-OH is 1. The first-order chi connectivity index (χ1) is 8.22. The second-order valence-electron chi connectivity index (χ2n) is 3.38. The number of hydrogen-bond donors (Lipinski definition) is 1. The second-order valence-corrected chi connectivity index (χ2v) is 5.65. The molecule has 17 heavy (non-hydrogen) atoms. The van der Waals surface area contributed by atoms with E-state index in [1.807, 2.05) is 36.4 Å². The highest BCUT2D eigenvalue weighted by Crippen LogP contribution is 2.36. The molecule has 0 aliphatic rings. The molecule has 1 unspecified atom stereocenters. The molecule has 0 amide bonds. The van der Waals surface area contributed by atoms with Gasteiger partial charge in [0.15, 0.2) is 0 Å². The van der Waals surface area contributed by atoms with E-state index >= 15 is 0 Å². The van der Waals surface area contributed by atoms with E-state index in [1.165, 1.54) is 4.90 Å². The zero-order valence-electron chi connectivity index (χ0n) is 9.74. The predicted molar refractivity (Wildman–Crippen MR) is 79.0 cm³/mol. The molecule has 1 atom stereocenters. The van der Waals surface area contributed by atoms with E-state index in [4.69, 9.17) is 5.11 Å². The molecule has 0 fully saturated rings. The Bertz CT molecular complexity index is 394. The van der Waals surface area contributed by atoms with Crippen LogP contribution in [0, 0.1) is 0 Å². The van der Waals surface area contributed by atoms with Crippen molar-refractivity contribution in [1.82, 2.24) is 0 Å². The van der Waals surface area contributed by atoms with Gasteiger partial charge in [-0.2, -0.15) is 0 Å². The van der Waals surface area contributed by atoms with Crippen molar-refractivity contribution in [3.05, 3.63) is 66.1 Å². The molecule has 1 rings (SSSR count). The summed E-state index contributed by atoms with van der Waals surface area (Å²) in [5.74, 6) is 0. The lowest BCUT2D eigenvalue weighted by atomic mass is 10.3. The van der Waals surface area contributed by atoms with Gasteiger partial charge in [0, 0.05) is 9.80 Å². The van der Waals surface area contributed by atoms with Crippen LogP contribution in [0.4, 0.5) is 0 Å². The average molecular weight is 264 g/mol. The highest BCUT2D eigenvalue weighted by atomic mass is 33.1. The van der Waals surface area contributed by atoms with E-state index in [1.54, 1.807) is 34.6 Å². The molecule has 3 heteroatoms. The van der Waals surface area contributed by atoms with Gasteiger partial charge in [-0.1, -0.05) is 64.6 Å². The van der Waals surface area contributed by atoms with Crippen LogP contribution in [-0.2, 0) is 0 Å². The average Bonchev–Trinajstić information content (AvgIpc) is 2.34. The molecule has 0 bridgehead atoms. The summed E-state index contributed by atoms with van der Waals surface area (Å²) >= 11 is 0. The number of rotatable bonds is 6. The first-order valence-corrected chi connectivity index (χ1v) is 7.46. The van der Waals surface area contributed by atoms with Gasteiger partial charge in [-0.05, 0) is 25.1 Å². The van der Waals surface area contributed by atoms with Gasteiger partial charge >= 0.3 is 0 Å². The lowest BCUT2D eigenvalue weighted by molar-refractivity contribution is 0.244. The van der Waals surface area contributed by atoms with E-state index in [9.17, 15) is 0 Å². The molecule has 0 saturated heterocycles. The summed E-state index contributed by atoms with van der Waals surface area (Å²) < 4.78 is 0. The maximum Gasteiger partial charge on any atom is 0.0695 e. The van der Waals surface area contributed by atoms with Gasteiger partial charge in [0.05, 0.1) is 6.10 Å². The largest absolute Gasteiger partial charge is 0.389 e. The molecule has 90 valence electrons. The van der Waals surface area contributed by atoms with Crippen molar-refractivity contribution in [3.8, 4) is 0 Å². The Balaban J connectivity index is 2.50. The highest BCUT2D eigenvalue weighted by Gasteiger charge is 1.95. The van der Waals surface area contributed by atoms with E-state index in [0.29, 0.717) is 0 Å². The lowest BCUT2D eigenvalue weighted by Gasteiger charge is -2.00. The third-order valence-electron chi connectivity index (χ3n) is 1.83. The van der Waals surface area contributed by atoms with Crippen molar-refractivity contribution in [2.75, 3.05) is 0 Å². The monoisotopic (exact) mass is 264 g/mol. The topological polar surface area (TPSA) is 20.2 Å². The molecule has 1 nitrogen and oxygen atoms in total. The molecule has 0 aromatic heterocycles. The van der Waals surface area contributed by atoms with Crippen molar-refractivity contribution >= 4 is 21.6 Å². The Kier molecular flexibility index (Phi) is 6.86. The highest BCUT2D eigenvalue weighted by molar-refractivity contribution is 8.78. The Morgan fingerprint density at radius 1 is 1.35 bits per heavy atom. The molecular formula is C14H16OS2. The van der Waals surface area contributed by atoms with Crippen LogP contribution in [0.25, 0.3) is 0 Å². The van der Waals surface area contributed by atoms with E-state index in [-0.39, 0.29) is 0 Å². The van der Waals surface area contributed by atoms with Gasteiger partial charge in [-0.15, -0.1) is 0 Å². The molecule has 1 N–H and O–H groups in total. The minimum absolute atomic E-state index is 0.413. The standard InChI is InChI=1S/C14H16OS2/c1-3-13(11-7-8-12(2)15)16-17-14-9-5-4-6-10-14/h3-12,15H,1H2,2H3/b8-7-,13-11+. The van der Waals surface area contributed by atoms with Gasteiger partial charge in [0.25, 0.3) is 0 Å². The molecule has 0 aliphatic carbocycles. The number of hydrogen-bond acceptors (Lipinski definition) is 3. The molecule has 0 spiro atoms. The van der Waals surface area contributed by atoms with E-state index < -0.39 is 6.10 Å². The Hall–Kier alpha value is -0.900. The van der Waals surface area contributed by atoms with Crippen LogP contribution in [-0.4, -0.2) is 11.2 Å². The Labute approximate surface area is 111 Å². The summed E-state index contributed by atoms with van der Waals surface area (Å²) in [4.78, 5) is 2.28. The minimum atomic E-state index is -0.413.